The molecule has 1 N–H and O–H groups in total. The van der Waals surface area contributed by atoms with E-state index >= 15 is 0 Å². The van der Waals surface area contributed by atoms with Crippen molar-refractivity contribution in [3.05, 3.63) is 40.5 Å². The van der Waals surface area contributed by atoms with Gasteiger partial charge in [0.05, 0.1) is 10.5 Å². The summed E-state index contributed by atoms with van der Waals surface area (Å²) in [7, 11) is 0. The van der Waals surface area contributed by atoms with Crippen molar-refractivity contribution in [3.63, 3.8) is 0 Å². The van der Waals surface area contributed by atoms with E-state index < -0.39 is 5.97 Å². The second-order valence-electron chi connectivity index (χ2n) is 3.28. The predicted molar refractivity (Wildman–Crippen MR) is 66.3 cm³/mol. The predicted octanol–water partition coefficient (Wildman–Crippen LogP) is 3.48. The minimum Gasteiger partial charge on any atom is -0.477 e. The van der Waals surface area contributed by atoms with Crippen molar-refractivity contribution in [2.75, 3.05) is 0 Å². The number of hydrogen-bond donors (Lipinski definition) is 1. The molecule has 0 aliphatic heterocycles. The molecule has 2 rings (SSSR count). The van der Waals surface area contributed by atoms with Crippen molar-refractivity contribution in [2.24, 2.45) is 0 Å². The summed E-state index contributed by atoms with van der Waals surface area (Å²) in [6.45, 7) is 0. The number of carboxylic acids is 1. The van der Waals surface area contributed by atoms with Gasteiger partial charge >= 0.3 is 5.97 Å². The van der Waals surface area contributed by atoms with E-state index in [0.717, 1.165) is 16.3 Å². The highest BCUT2D eigenvalue weighted by atomic mass is 79.9. The van der Waals surface area contributed by atoms with Crippen molar-refractivity contribution >= 4 is 44.4 Å². The van der Waals surface area contributed by atoms with Crippen LogP contribution in [-0.4, -0.2) is 16.1 Å². The van der Waals surface area contributed by atoms with Crippen LogP contribution in [0.2, 0.25) is 5.02 Å². The fraction of sp³-hybridized carbons (Fsp3) is 0.0909. The molecule has 0 spiro atoms. The summed E-state index contributed by atoms with van der Waals surface area (Å²) in [5, 5.41) is 10.7. The summed E-state index contributed by atoms with van der Waals surface area (Å²) in [6, 6.07) is 6.91. The van der Waals surface area contributed by atoms with Gasteiger partial charge in [0.15, 0.2) is 0 Å². The Morgan fingerprint density at radius 3 is 2.81 bits per heavy atom. The molecular weight excluding hydrogens is 293 g/mol. The zero-order valence-corrected chi connectivity index (χ0v) is 10.4. The number of halogens is 2. The van der Waals surface area contributed by atoms with Crippen molar-refractivity contribution in [2.45, 2.75) is 5.33 Å². The van der Waals surface area contributed by atoms with Crippen LogP contribution in [0.25, 0.3) is 10.9 Å². The molecule has 82 valence electrons. The van der Waals surface area contributed by atoms with Gasteiger partial charge in [-0.2, -0.15) is 0 Å². The topological polar surface area (TPSA) is 50.2 Å². The number of aromatic nitrogens is 1. The Balaban J connectivity index is 2.71. The number of benzene rings is 1. The Hall–Kier alpha value is -1.13. The van der Waals surface area contributed by atoms with E-state index in [1.54, 1.807) is 6.07 Å². The quantitative estimate of drug-likeness (QED) is 0.864. The average molecular weight is 301 g/mol. The molecule has 0 radical (unpaired) electrons. The fourth-order valence-corrected chi connectivity index (χ4v) is 2.03. The van der Waals surface area contributed by atoms with Gasteiger partial charge < -0.3 is 5.11 Å². The van der Waals surface area contributed by atoms with Crippen LogP contribution in [-0.2, 0) is 5.33 Å². The molecule has 3 nitrogen and oxygen atoms in total. The number of hydrogen-bond acceptors (Lipinski definition) is 2. The molecule has 0 aliphatic carbocycles. The number of aromatic carboxylic acids is 1. The molecule has 0 saturated carbocycles. The summed E-state index contributed by atoms with van der Waals surface area (Å²) >= 11 is 9.36. The van der Waals surface area contributed by atoms with Gasteiger partial charge in [0, 0.05) is 10.7 Å². The van der Waals surface area contributed by atoms with Gasteiger partial charge in [0.25, 0.3) is 0 Å². The molecule has 5 heteroatoms. The van der Waals surface area contributed by atoms with Crippen molar-refractivity contribution in [3.8, 4) is 0 Å². The first kappa shape index (κ1) is 11.4. The lowest BCUT2D eigenvalue weighted by Gasteiger charge is -2.04. The SMILES string of the molecule is O=C(O)c1cc(Cl)c2cc(CBr)ccc2n1. The van der Waals surface area contributed by atoms with Crippen LogP contribution in [0.4, 0.5) is 0 Å². The number of nitrogens with zero attached hydrogens (tertiary/aromatic N) is 1. The normalized spacial score (nSPS) is 10.6. The fourth-order valence-electron chi connectivity index (χ4n) is 1.42. The molecular formula is C11H7BrClNO2. The van der Waals surface area contributed by atoms with E-state index in [4.69, 9.17) is 16.7 Å². The second-order valence-corrected chi connectivity index (χ2v) is 4.25. The summed E-state index contributed by atoms with van der Waals surface area (Å²) in [5.41, 5.74) is 1.62. The molecule has 0 saturated heterocycles. The van der Waals surface area contributed by atoms with Crippen LogP contribution in [0, 0.1) is 0 Å². The van der Waals surface area contributed by atoms with Gasteiger partial charge in [-0.05, 0) is 23.8 Å². The van der Waals surface area contributed by atoms with Crippen LogP contribution in [0.1, 0.15) is 16.1 Å². The van der Waals surface area contributed by atoms with Gasteiger partial charge in [-0.15, -0.1) is 0 Å². The molecule has 1 aromatic carbocycles. The van der Waals surface area contributed by atoms with Crippen LogP contribution in [0.3, 0.4) is 0 Å². The van der Waals surface area contributed by atoms with E-state index in [-0.39, 0.29) is 5.69 Å². The first-order chi connectivity index (χ1) is 7.61. The summed E-state index contributed by atoms with van der Waals surface area (Å²) in [6.07, 6.45) is 0. The molecule has 0 aliphatic rings. The number of carbonyl (C=O) groups is 1. The third-order valence-corrected chi connectivity index (χ3v) is 3.16. The molecule has 1 heterocycles. The van der Waals surface area contributed by atoms with Gasteiger partial charge in [-0.25, -0.2) is 9.78 Å². The lowest BCUT2D eigenvalue weighted by atomic mass is 10.1. The van der Waals surface area contributed by atoms with Crippen LogP contribution in [0.15, 0.2) is 24.3 Å². The molecule has 0 amide bonds. The van der Waals surface area contributed by atoms with Gasteiger partial charge in [0.1, 0.15) is 5.69 Å². The molecule has 0 atom stereocenters. The molecule has 0 unspecified atom stereocenters. The molecule has 0 fully saturated rings. The van der Waals surface area contributed by atoms with E-state index in [2.05, 4.69) is 20.9 Å². The van der Waals surface area contributed by atoms with Gasteiger partial charge in [0.2, 0.25) is 0 Å². The molecule has 16 heavy (non-hydrogen) atoms. The summed E-state index contributed by atoms with van der Waals surface area (Å²) < 4.78 is 0. The Kier molecular flexibility index (Phi) is 3.12. The van der Waals surface area contributed by atoms with E-state index in [1.807, 2.05) is 12.1 Å². The Bertz CT molecular complexity index is 571. The van der Waals surface area contributed by atoms with Crippen LogP contribution >= 0.6 is 27.5 Å². The Morgan fingerprint density at radius 1 is 1.44 bits per heavy atom. The first-order valence-electron chi connectivity index (χ1n) is 4.50. The zero-order chi connectivity index (χ0) is 11.7. The van der Waals surface area contributed by atoms with Crippen molar-refractivity contribution in [1.29, 1.82) is 0 Å². The molecule has 0 bridgehead atoms. The van der Waals surface area contributed by atoms with Gasteiger partial charge in [-0.3, -0.25) is 0 Å². The third-order valence-electron chi connectivity index (χ3n) is 2.20. The second kappa shape index (κ2) is 4.39. The van der Waals surface area contributed by atoms with Crippen molar-refractivity contribution < 1.29 is 9.90 Å². The average Bonchev–Trinajstić information content (AvgIpc) is 2.28. The minimum absolute atomic E-state index is 0.0379. The smallest absolute Gasteiger partial charge is 0.354 e. The minimum atomic E-state index is -1.08. The monoisotopic (exact) mass is 299 g/mol. The highest BCUT2D eigenvalue weighted by molar-refractivity contribution is 9.08. The number of carboxylic acid groups (broad SMARTS) is 1. The lowest BCUT2D eigenvalue weighted by Crippen LogP contribution is -2.00. The Labute approximate surface area is 105 Å². The largest absolute Gasteiger partial charge is 0.477 e. The van der Waals surface area contributed by atoms with Crippen LogP contribution in [0.5, 0.6) is 0 Å². The zero-order valence-electron chi connectivity index (χ0n) is 8.08. The standard InChI is InChI=1S/C11H7BrClNO2/c12-5-6-1-2-9-7(3-6)8(13)4-10(14-9)11(15)16/h1-4H,5H2,(H,15,16). The molecule has 2 aromatic rings. The van der Waals surface area contributed by atoms with E-state index in [0.29, 0.717) is 10.5 Å². The van der Waals surface area contributed by atoms with Crippen LogP contribution < -0.4 is 0 Å². The number of rotatable bonds is 2. The number of fused-ring (bicyclic) bond motifs is 1. The van der Waals surface area contributed by atoms with Gasteiger partial charge in [-0.1, -0.05) is 33.6 Å². The third kappa shape index (κ3) is 2.03. The maximum Gasteiger partial charge on any atom is 0.354 e. The maximum absolute atomic E-state index is 10.8. The van der Waals surface area contributed by atoms with Crippen molar-refractivity contribution in [1.82, 2.24) is 4.98 Å². The Morgan fingerprint density at radius 2 is 2.19 bits per heavy atom. The first-order valence-corrected chi connectivity index (χ1v) is 6.00. The highest BCUT2D eigenvalue weighted by Crippen LogP contribution is 2.25. The van der Waals surface area contributed by atoms with E-state index in [1.165, 1.54) is 6.07 Å². The van der Waals surface area contributed by atoms with E-state index in [9.17, 15) is 4.79 Å². The summed E-state index contributed by atoms with van der Waals surface area (Å²) in [5.74, 6) is -1.08. The summed E-state index contributed by atoms with van der Waals surface area (Å²) in [4.78, 5) is 14.8. The lowest BCUT2D eigenvalue weighted by molar-refractivity contribution is 0.0691. The highest BCUT2D eigenvalue weighted by Gasteiger charge is 2.09. The number of alkyl halides is 1. The number of pyridine rings is 1. The molecule has 1 aromatic heterocycles. The maximum atomic E-state index is 10.8.